The first-order valence-corrected chi connectivity index (χ1v) is 6.66. The van der Waals surface area contributed by atoms with Gasteiger partial charge in [-0.3, -0.25) is 0 Å². The van der Waals surface area contributed by atoms with E-state index in [0.29, 0.717) is 5.92 Å². The van der Waals surface area contributed by atoms with E-state index in [1.807, 2.05) is 19.2 Å². The van der Waals surface area contributed by atoms with E-state index in [-0.39, 0.29) is 5.54 Å². The van der Waals surface area contributed by atoms with Crippen LogP contribution in [0.3, 0.4) is 0 Å². The van der Waals surface area contributed by atoms with E-state index in [0.717, 1.165) is 17.3 Å². The molecule has 86 valence electrons. The van der Waals surface area contributed by atoms with E-state index in [9.17, 15) is 5.26 Å². The highest BCUT2D eigenvalue weighted by atomic mass is 32.2. The van der Waals surface area contributed by atoms with Gasteiger partial charge in [0.2, 0.25) is 0 Å². The van der Waals surface area contributed by atoms with Crippen LogP contribution in [0.2, 0.25) is 0 Å². The summed E-state index contributed by atoms with van der Waals surface area (Å²) in [6.07, 6.45) is 4.04. The van der Waals surface area contributed by atoms with Gasteiger partial charge in [0.05, 0.1) is 18.1 Å². The first-order chi connectivity index (χ1) is 7.80. The molecule has 0 aromatic carbocycles. The number of nitrogens with zero attached hydrogens (tertiary/aromatic N) is 1. The maximum Gasteiger partial charge on any atom is 0.118 e. The first-order valence-electron chi connectivity index (χ1n) is 5.51. The van der Waals surface area contributed by atoms with Gasteiger partial charge in [-0.15, -0.1) is 0 Å². The predicted octanol–water partition coefficient (Wildman–Crippen LogP) is 2.40. The third-order valence-electron chi connectivity index (χ3n) is 3.07. The van der Waals surface area contributed by atoms with Gasteiger partial charge in [-0.25, -0.2) is 0 Å². The van der Waals surface area contributed by atoms with Gasteiger partial charge in [0.15, 0.2) is 0 Å². The SMILES string of the molecule is CNC(C#N)(CSCc1ccco1)C1CC1. The summed E-state index contributed by atoms with van der Waals surface area (Å²) in [5.74, 6) is 3.17. The third-order valence-corrected chi connectivity index (χ3v) is 4.22. The first kappa shape index (κ1) is 11.6. The van der Waals surface area contributed by atoms with Gasteiger partial charge in [-0.2, -0.15) is 17.0 Å². The Bertz CT molecular complexity index is 367. The number of hydrogen-bond acceptors (Lipinski definition) is 4. The molecule has 1 aromatic heterocycles. The smallest absolute Gasteiger partial charge is 0.118 e. The topological polar surface area (TPSA) is 49.0 Å². The molecular formula is C12H16N2OS. The molecule has 2 rings (SSSR count). The van der Waals surface area contributed by atoms with E-state index < -0.39 is 0 Å². The molecule has 3 nitrogen and oxygen atoms in total. The molecule has 1 fully saturated rings. The summed E-state index contributed by atoms with van der Waals surface area (Å²) in [6, 6.07) is 6.31. The van der Waals surface area contributed by atoms with Gasteiger partial charge in [0.25, 0.3) is 0 Å². The van der Waals surface area contributed by atoms with Crippen molar-refractivity contribution in [3.8, 4) is 6.07 Å². The molecule has 16 heavy (non-hydrogen) atoms. The minimum absolute atomic E-state index is 0.336. The average molecular weight is 236 g/mol. The number of thioether (sulfide) groups is 1. The molecule has 1 atom stereocenters. The summed E-state index contributed by atoms with van der Waals surface area (Å²) in [6.45, 7) is 0. The number of furan rings is 1. The Balaban J connectivity index is 1.85. The Morgan fingerprint density at radius 3 is 3.00 bits per heavy atom. The van der Waals surface area contributed by atoms with Crippen molar-refractivity contribution < 1.29 is 4.42 Å². The molecule has 4 heteroatoms. The lowest BCUT2D eigenvalue weighted by atomic mass is 9.98. The summed E-state index contributed by atoms with van der Waals surface area (Å²) in [4.78, 5) is 0. The Morgan fingerprint density at radius 1 is 1.69 bits per heavy atom. The van der Waals surface area contributed by atoms with E-state index in [2.05, 4.69) is 11.4 Å². The normalized spacial score (nSPS) is 19.0. The fourth-order valence-corrected chi connectivity index (χ4v) is 3.09. The molecule has 0 radical (unpaired) electrons. The zero-order valence-electron chi connectivity index (χ0n) is 9.40. The Labute approximate surface area is 100 Å². The standard InChI is InChI=1S/C12H16N2OS/c1-14-12(8-13,10-4-5-10)9-16-7-11-3-2-6-15-11/h2-3,6,10,14H,4-5,7,9H2,1H3. The van der Waals surface area contributed by atoms with Crippen molar-refractivity contribution in [2.45, 2.75) is 24.1 Å². The van der Waals surface area contributed by atoms with Gasteiger partial charge in [0, 0.05) is 5.75 Å². The van der Waals surface area contributed by atoms with Crippen molar-refractivity contribution in [3.05, 3.63) is 24.2 Å². The van der Waals surface area contributed by atoms with Crippen LogP contribution in [-0.2, 0) is 5.75 Å². The molecule has 0 aliphatic heterocycles. The second-order valence-electron chi connectivity index (χ2n) is 4.18. The monoisotopic (exact) mass is 236 g/mol. The van der Waals surface area contributed by atoms with Crippen molar-refractivity contribution in [3.63, 3.8) is 0 Å². The van der Waals surface area contributed by atoms with E-state index in [1.165, 1.54) is 12.8 Å². The van der Waals surface area contributed by atoms with Gasteiger partial charge < -0.3 is 9.73 Å². The highest BCUT2D eigenvalue weighted by molar-refractivity contribution is 7.98. The lowest BCUT2D eigenvalue weighted by Crippen LogP contribution is -2.46. The largest absolute Gasteiger partial charge is 0.468 e. The predicted molar refractivity (Wildman–Crippen MR) is 65.0 cm³/mol. The minimum atomic E-state index is -0.336. The molecule has 0 bridgehead atoms. The van der Waals surface area contributed by atoms with Gasteiger partial charge >= 0.3 is 0 Å². The highest BCUT2D eigenvalue weighted by Gasteiger charge is 2.44. The van der Waals surface area contributed by atoms with Crippen molar-refractivity contribution in [2.24, 2.45) is 5.92 Å². The summed E-state index contributed by atoms with van der Waals surface area (Å²) in [5, 5.41) is 12.5. The maximum absolute atomic E-state index is 9.29. The summed E-state index contributed by atoms with van der Waals surface area (Å²) in [5.41, 5.74) is -0.336. The average Bonchev–Trinajstić information content (AvgIpc) is 3.04. The Kier molecular flexibility index (Phi) is 3.57. The van der Waals surface area contributed by atoms with Crippen molar-refractivity contribution >= 4 is 11.8 Å². The highest BCUT2D eigenvalue weighted by Crippen LogP contribution is 2.41. The molecule has 1 unspecified atom stereocenters. The molecule has 1 saturated carbocycles. The number of nitriles is 1. The molecule has 1 heterocycles. The van der Waals surface area contributed by atoms with Crippen LogP contribution in [0.5, 0.6) is 0 Å². The quantitative estimate of drug-likeness (QED) is 0.824. The van der Waals surface area contributed by atoms with E-state index in [4.69, 9.17) is 4.42 Å². The van der Waals surface area contributed by atoms with Crippen molar-refractivity contribution in [1.29, 1.82) is 5.26 Å². The maximum atomic E-state index is 9.29. The lowest BCUT2D eigenvalue weighted by molar-refractivity contribution is 0.441. The van der Waals surface area contributed by atoms with Gasteiger partial charge in [-0.1, -0.05) is 0 Å². The Hall–Kier alpha value is -0.920. The third kappa shape index (κ3) is 2.42. The molecule has 0 saturated heterocycles. The second-order valence-corrected chi connectivity index (χ2v) is 5.17. The molecular weight excluding hydrogens is 220 g/mol. The van der Waals surface area contributed by atoms with Crippen LogP contribution >= 0.6 is 11.8 Å². The number of nitrogens with one attached hydrogen (secondary N) is 1. The molecule has 0 amide bonds. The fraction of sp³-hybridized carbons (Fsp3) is 0.583. The molecule has 1 aliphatic carbocycles. The number of hydrogen-bond donors (Lipinski definition) is 1. The van der Waals surface area contributed by atoms with Gasteiger partial charge in [0.1, 0.15) is 11.3 Å². The van der Waals surface area contributed by atoms with Crippen molar-refractivity contribution in [1.82, 2.24) is 5.32 Å². The molecule has 0 spiro atoms. The van der Waals surface area contributed by atoms with Crippen LogP contribution < -0.4 is 5.32 Å². The van der Waals surface area contributed by atoms with Crippen LogP contribution in [0.1, 0.15) is 18.6 Å². The zero-order valence-corrected chi connectivity index (χ0v) is 10.2. The van der Waals surface area contributed by atoms with Crippen LogP contribution in [0.4, 0.5) is 0 Å². The molecule has 1 aliphatic rings. The van der Waals surface area contributed by atoms with Crippen LogP contribution in [-0.4, -0.2) is 18.3 Å². The zero-order chi connectivity index (χ0) is 11.4. The van der Waals surface area contributed by atoms with E-state index in [1.54, 1.807) is 18.0 Å². The van der Waals surface area contributed by atoms with E-state index >= 15 is 0 Å². The molecule has 1 N–H and O–H groups in total. The summed E-state index contributed by atoms with van der Waals surface area (Å²) in [7, 11) is 1.88. The van der Waals surface area contributed by atoms with Crippen LogP contribution in [0, 0.1) is 17.2 Å². The van der Waals surface area contributed by atoms with Gasteiger partial charge in [-0.05, 0) is 37.9 Å². The minimum Gasteiger partial charge on any atom is -0.468 e. The molecule has 1 aromatic rings. The second kappa shape index (κ2) is 4.94. The summed E-state index contributed by atoms with van der Waals surface area (Å²) >= 11 is 1.76. The van der Waals surface area contributed by atoms with Crippen LogP contribution in [0.25, 0.3) is 0 Å². The lowest BCUT2D eigenvalue weighted by Gasteiger charge is -2.25. The Morgan fingerprint density at radius 2 is 2.50 bits per heavy atom. The van der Waals surface area contributed by atoms with Crippen molar-refractivity contribution in [2.75, 3.05) is 12.8 Å². The van der Waals surface area contributed by atoms with Crippen LogP contribution in [0.15, 0.2) is 22.8 Å². The number of rotatable bonds is 6. The summed E-state index contributed by atoms with van der Waals surface area (Å²) < 4.78 is 5.27. The fourth-order valence-electron chi connectivity index (χ4n) is 1.86.